The zero-order valence-corrected chi connectivity index (χ0v) is 67.5. The number of unbranched alkanes of at least 4 members (excludes halogenated alkanes) is 34. The van der Waals surface area contributed by atoms with Gasteiger partial charge in [0.1, 0.15) is 73.2 Å². The predicted octanol–water partition coefficient (Wildman–Crippen LogP) is 15.8. The van der Waals surface area contributed by atoms with Gasteiger partial charge in [-0.1, -0.05) is 328 Å². The van der Waals surface area contributed by atoms with E-state index in [1.807, 2.05) is 6.08 Å². The Labute approximate surface area is 658 Å². The van der Waals surface area contributed by atoms with Crippen molar-refractivity contribution >= 4 is 5.91 Å². The number of ether oxygens (including phenoxy) is 6. The molecule has 3 aliphatic heterocycles. The summed E-state index contributed by atoms with van der Waals surface area (Å²) in [4.78, 5) is 13.5. The summed E-state index contributed by atoms with van der Waals surface area (Å²) < 4.78 is 34.5. The highest BCUT2D eigenvalue weighted by atomic mass is 16.8. The molecule has 1 amide bonds. The smallest absolute Gasteiger partial charge is 0.220 e. The first-order chi connectivity index (χ1) is 53.3. The Morgan fingerprint density at radius 2 is 0.642 bits per heavy atom. The quantitative estimate of drug-likeness (QED) is 0.0199. The standard InChI is InChI=1S/C90H155NO18/c1-3-5-7-9-11-13-15-17-19-21-23-25-27-29-31-33-35-36-38-39-41-43-45-47-49-51-53-55-57-59-61-63-65-67-74(95)73(91-78(96)68-66-64-62-60-58-56-54-52-50-48-46-44-42-40-37-34-32-30-28-26-24-22-20-18-16-14-12-10-8-6-4-2)72-104-88-84(102)81(99)86(76(70-93)106-88)109-90-85(103)82(100)87(77(71-94)107-90)108-89-83(101)80(98)79(97)75(69-92)105-89/h6,8,12,14,18,20,24,26,30,32,37,40,44,46,50,52,57,59,65,67,73-77,79-90,92-95,97-103H,3-5,7,9-11,13,15-17,19,21-23,25,27-29,31,33-36,38-39,41-43,45,47-49,51,53-56,58,60-64,66,68-72H2,1-2H3,(H,91,96)/b8-6-,14-12-,20-18-,26-24-,32-30-,40-37-,46-44-,52-50-,59-57+,67-65+. The number of amides is 1. The van der Waals surface area contributed by atoms with Gasteiger partial charge in [0, 0.05) is 6.42 Å². The average Bonchev–Trinajstić information content (AvgIpc) is 0.782. The topological polar surface area (TPSA) is 307 Å². The maximum Gasteiger partial charge on any atom is 0.220 e. The number of aliphatic hydroxyl groups excluding tert-OH is 11. The number of hydrogen-bond donors (Lipinski definition) is 12. The van der Waals surface area contributed by atoms with Gasteiger partial charge in [-0.25, -0.2) is 0 Å². The molecule has 3 aliphatic rings. The summed E-state index contributed by atoms with van der Waals surface area (Å²) in [6.45, 7) is 1.62. The zero-order valence-electron chi connectivity index (χ0n) is 67.5. The molecular weight excluding hydrogens is 1380 g/mol. The number of carbonyl (C=O) groups excluding carboxylic acids is 1. The van der Waals surface area contributed by atoms with Crippen LogP contribution in [0.25, 0.3) is 0 Å². The Balaban J connectivity index is 1.37. The first kappa shape index (κ1) is 99.4. The third-order valence-electron chi connectivity index (χ3n) is 20.7. The van der Waals surface area contributed by atoms with E-state index in [-0.39, 0.29) is 18.9 Å². The van der Waals surface area contributed by atoms with Crippen LogP contribution in [-0.2, 0) is 33.2 Å². The van der Waals surface area contributed by atoms with Crippen LogP contribution in [0.3, 0.4) is 0 Å². The average molecular weight is 1540 g/mol. The fourth-order valence-corrected chi connectivity index (χ4v) is 13.9. The monoisotopic (exact) mass is 1540 g/mol. The summed E-state index contributed by atoms with van der Waals surface area (Å²) in [5.41, 5.74) is 0. The van der Waals surface area contributed by atoms with Gasteiger partial charge in [0.2, 0.25) is 5.91 Å². The highest BCUT2D eigenvalue weighted by Crippen LogP contribution is 2.33. The lowest BCUT2D eigenvalue weighted by Gasteiger charge is -2.48. The molecule has 0 aliphatic carbocycles. The van der Waals surface area contributed by atoms with E-state index >= 15 is 0 Å². The van der Waals surface area contributed by atoms with Gasteiger partial charge in [0.25, 0.3) is 0 Å². The predicted molar refractivity (Wildman–Crippen MR) is 438 cm³/mol. The number of carbonyl (C=O) groups is 1. The van der Waals surface area contributed by atoms with Crippen LogP contribution in [0.5, 0.6) is 0 Å². The maximum absolute atomic E-state index is 13.5. The van der Waals surface area contributed by atoms with Crippen molar-refractivity contribution in [1.29, 1.82) is 0 Å². The van der Waals surface area contributed by atoms with Crippen LogP contribution in [0.4, 0.5) is 0 Å². The van der Waals surface area contributed by atoms with Crippen molar-refractivity contribution in [3.63, 3.8) is 0 Å². The summed E-state index contributed by atoms with van der Waals surface area (Å²) in [7, 11) is 0. The van der Waals surface area contributed by atoms with Crippen molar-refractivity contribution in [3.05, 3.63) is 122 Å². The van der Waals surface area contributed by atoms with Gasteiger partial charge >= 0.3 is 0 Å². The molecule has 3 saturated heterocycles. The molecule has 628 valence electrons. The van der Waals surface area contributed by atoms with Crippen LogP contribution < -0.4 is 5.32 Å². The van der Waals surface area contributed by atoms with Gasteiger partial charge in [-0.15, -0.1) is 0 Å². The molecule has 109 heavy (non-hydrogen) atoms. The van der Waals surface area contributed by atoms with Crippen molar-refractivity contribution < 1.29 is 89.4 Å². The van der Waals surface area contributed by atoms with E-state index < -0.39 is 124 Å². The first-order valence-electron chi connectivity index (χ1n) is 43.3. The molecule has 12 N–H and O–H groups in total. The molecule has 3 fully saturated rings. The second-order valence-corrected chi connectivity index (χ2v) is 30.3. The second kappa shape index (κ2) is 68.6. The van der Waals surface area contributed by atoms with Gasteiger partial charge in [0.15, 0.2) is 18.9 Å². The molecule has 3 rings (SSSR count). The Hall–Kier alpha value is -3.81. The largest absolute Gasteiger partial charge is 0.394 e. The molecule has 17 unspecified atom stereocenters. The summed E-state index contributed by atoms with van der Waals surface area (Å²) in [6.07, 6.45) is 70.5. The van der Waals surface area contributed by atoms with Crippen molar-refractivity contribution in [2.75, 3.05) is 26.4 Å². The molecule has 3 heterocycles. The first-order valence-corrected chi connectivity index (χ1v) is 43.3. The van der Waals surface area contributed by atoms with E-state index in [4.69, 9.17) is 28.4 Å². The van der Waals surface area contributed by atoms with E-state index in [1.165, 1.54) is 167 Å². The van der Waals surface area contributed by atoms with E-state index in [0.29, 0.717) is 12.8 Å². The number of rotatable bonds is 68. The second-order valence-electron chi connectivity index (χ2n) is 30.3. The van der Waals surface area contributed by atoms with Crippen LogP contribution in [0.15, 0.2) is 122 Å². The molecule has 17 atom stereocenters. The van der Waals surface area contributed by atoms with E-state index in [2.05, 4.69) is 129 Å². The summed E-state index contributed by atoms with van der Waals surface area (Å²) >= 11 is 0. The molecule has 0 bridgehead atoms. The molecule has 0 aromatic heterocycles. The van der Waals surface area contributed by atoms with Gasteiger partial charge in [-0.3, -0.25) is 4.79 Å². The van der Waals surface area contributed by atoms with Gasteiger partial charge in [-0.05, 0) is 96.3 Å². The van der Waals surface area contributed by atoms with Crippen LogP contribution in [0.2, 0.25) is 0 Å². The Morgan fingerprint density at radius 3 is 1.03 bits per heavy atom. The van der Waals surface area contributed by atoms with Crippen molar-refractivity contribution in [3.8, 4) is 0 Å². The third kappa shape index (κ3) is 47.6. The van der Waals surface area contributed by atoms with E-state index in [1.54, 1.807) is 6.08 Å². The van der Waals surface area contributed by atoms with Crippen molar-refractivity contribution in [1.82, 2.24) is 5.32 Å². The lowest BCUT2D eigenvalue weighted by atomic mass is 9.96. The minimum atomic E-state index is -1.99. The molecule has 19 heteroatoms. The fourth-order valence-electron chi connectivity index (χ4n) is 13.9. The van der Waals surface area contributed by atoms with Crippen molar-refractivity contribution in [2.24, 2.45) is 0 Å². The summed E-state index contributed by atoms with van der Waals surface area (Å²) in [5, 5.41) is 121. The van der Waals surface area contributed by atoms with Crippen LogP contribution >= 0.6 is 0 Å². The van der Waals surface area contributed by atoms with E-state index in [9.17, 15) is 61.0 Å². The summed E-state index contributed by atoms with van der Waals surface area (Å²) in [6, 6.07) is -1.01. The highest BCUT2D eigenvalue weighted by molar-refractivity contribution is 5.76. The lowest BCUT2D eigenvalue weighted by molar-refractivity contribution is -0.379. The van der Waals surface area contributed by atoms with Crippen LogP contribution in [-0.4, -0.2) is 193 Å². The minimum absolute atomic E-state index is 0.210. The Morgan fingerprint density at radius 1 is 0.339 bits per heavy atom. The third-order valence-corrected chi connectivity index (χ3v) is 20.7. The Kier molecular flexibility index (Phi) is 62.5. The van der Waals surface area contributed by atoms with Crippen LogP contribution in [0, 0.1) is 0 Å². The molecule has 0 spiro atoms. The Bertz CT molecular complexity index is 2440. The van der Waals surface area contributed by atoms with Gasteiger partial charge < -0.3 is 89.9 Å². The molecule has 0 saturated carbocycles. The number of aliphatic hydroxyl groups is 11. The molecular formula is C90H155NO18. The highest BCUT2D eigenvalue weighted by Gasteiger charge is 2.54. The lowest BCUT2D eigenvalue weighted by Crippen LogP contribution is -2.66. The molecule has 0 radical (unpaired) electrons. The number of hydrogen-bond acceptors (Lipinski definition) is 18. The fraction of sp³-hybridized carbons (Fsp3) is 0.767. The molecule has 19 nitrogen and oxygen atoms in total. The summed E-state index contributed by atoms with van der Waals surface area (Å²) in [5.74, 6) is -0.302. The SMILES string of the molecule is CC/C=C\C/C=C\C/C=C\C/C=C\C/C=C\C/C=C\C/C=C\C/C=C\CCCCCCCCC(=O)NC(COC1OC(CO)C(OC2OC(CO)C(OC3OC(CO)C(O)C(O)C3O)C(O)C2O)C(O)C1O)C(O)/C=C/CC/C=C/CCCCCCCCCCCCCCCCCCCCCCCCCCCCC. The maximum atomic E-state index is 13.5. The normalized spacial score (nSPS) is 25.9. The molecule has 0 aromatic rings. The number of allylic oxidation sites excluding steroid dienone is 19. The molecule has 0 aromatic carbocycles. The number of nitrogens with one attached hydrogen (secondary N) is 1. The van der Waals surface area contributed by atoms with Crippen molar-refractivity contribution in [2.45, 2.75) is 413 Å². The van der Waals surface area contributed by atoms with Gasteiger partial charge in [0.05, 0.1) is 38.6 Å². The zero-order chi connectivity index (χ0) is 78.8. The van der Waals surface area contributed by atoms with E-state index in [0.717, 1.165) is 109 Å². The van der Waals surface area contributed by atoms with Crippen LogP contribution in [0.1, 0.15) is 309 Å². The minimum Gasteiger partial charge on any atom is -0.394 e. The van der Waals surface area contributed by atoms with Gasteiger partial charge in [-0.2, -0.15) is 0 Å².